The van der Waals surface area contributed by atoms with E-state index in [2.05, 4.69) is 19.2 Å². The minimum absolute atomic E-state index is 0.0278. The molecule has 2 aromatic carbocycles. The third kappa shape index (κ3) is 4.91. The maximum absolute atomic E-state index is 12.9. The second-order valence-electron chi connectivity index (χ2n) is 7.55. The average molecular weight is 380 g/mol. The fraction of sp³-hybridized carbons (Fsp3) is 0.391. The fourth-order valence-corrected chi connectivity index (χ4v) is 3.27. The first-order chi connectivity index (χ1) is 13.6. The quantitative estimate of drug-likeness (QED) is 0.797. The van der Waals surface area contributed by atoms with E-state index in [4.69, 9.17) is 4.74 Å². The molecule has 3 rings (SSSR count). The van der Waals surface area contributed by atoms with E-state index in [9.17, 15) is 9.59 Å². The lowest BCUT2D eigenvalue weighted by Gasteiger charge is -2.27. The van der Waals surface area contributed by atoms with E-state index < -0.39 is 0 Å². The molecule has 0 atom stereocenters. The SMILES string of the molecule is CC(C)COc1ccccc1C(=O)Nc1ccccc1C(=O)N1CCCCC1. The fourth-order valence-electron chi connectivity index (χ4n) is 3.27. The second-order valence-corrected chi connectivity index (χ2v) is 7.55. The van der Waals surface area contributed by atoms with Gasteiger partial charge in [0.15, 0.2) is 0 Å². The predicted octanol–water partition coefficient (Wildman–Crippen LogP) is 4.60. The van der Waals surface area contributed by atoms with E-state index >= 15 is 0 Å². The molecule has 2 amide bonds. The molecule has 5 nitrogen and oxygen atoms in total. The number of anilines is 1. The number of rotatable bonds is 6. The molecule has 5 heteroatoms. The topological polar surface area (TPSA) is 58.6 Å². The lowest BCUT2D eigenvalue weighted by molar-refractivity contribution is 0.0725. The highest BCUT2D eigenvalue weighted by atomic mass is 16.5. The Hall–Kier alpha value is -2.82. The van der Waals surface area contributed by atoms with E-state index in [1.165, 1.54) is 0 Å². The number of benzene rings is 2. The van der Waals surface area contributed by atoms with Crippen LogP contribution in [0.25, 0.3) is 0 Å². The zero-order valence-electron chi connectivity index (χ0n) is 16.6. The van der Waals surface area contributed by atoms with Crippen LogP contribution in [0.3, 0.4) is 0 Å². The van der Waals surface area contributed by atoms with Crippen LogP contribution in [0.15, 0.2) is 48.5 Å². The van der Waals surface area contributed by atoms with Gasteiger partial charge in [-0.15, -0.1) is 0 Å². The number of piperidine rings is 1. The summed E-state index contributed by atoms with van der Waals surface area (Å²) >= 11 is 0. The third-order valence-corrected chi connectivity index (χ3v) is 4.75. The van der Waals surface area contributed by atoms with Crippen LogP contribution in [0.4, 0.5) is 5.69 Å². The minimum atomic E-state index is -0.279. The van der Waals surface area contributed by atoms with Crippen molar-refractivity contribution in [2.75, 3.05) is 25.0 Å². The van der Waals surface area contributed by atoms with Gasteiger partial charge >= 0.3 is 0 Å². The molecular formula is C23H28N2O3. The van der Waals surface area contributed by atoms with Gasteiger partial charge < -0.3 is 15.0 Å². The van der Waals surface area contributed by atoms with E-state index in [1.807, 2.05) is 29.2 Å². The summed E-state index contributed by atoms with van der Waals surface area (Å²) in [4.78, 5) is 27.7. The van der Waals surface area contributed by atoms with Crippen LogP contribution in [0.1, 0.15) is 53.8 Å². The van der Waals surface area contributed by atoms with E-state index in [1.54, 1.807) is 24.3 Å². The van der Waals surface area contributed by atoms with Gasteiger partial charge in [0.05, 0.1) is 23.4 Å². The number of hydrogen-bond donors (Lipinski definition) is 1. The van der Waals surface area contributed by atoms with E-state index in [0.717, 1.165) is 32.4 Å². The van der Waals surface area contributed by atoms with Crippen molar-refractivity contribution >= 4 is 17.5 Å². The van der Waals surface area contributed by atoms with Crippen molar-refractivity contribution in [3.8, 4) is 5.75 Å². The Balaban J connectivity index is 1.79. The number of amides is 2. The maximum atomic E-state index is 12.9. The van der Waals surface area contributed by atoms with Crippen LogP contribution in [0.5, 0.6) is 5.75 Å². The highest BCUT2D eigenvalue weighted by molar-refractivity contribution is 6.10. The van der Waals surface area contributed by atoms with Crippen LogP contribution in [-0.4, -0.2) is 36.4 Å². The molecule has 0 aliphatic carbocycles. The van der Waals surface area contributed by atoms with Gasteiger partial charge in [0, 0.05) is 13.1 Å². The summed E-state index contributed by atoms with van der Waals surface area (Å²) in [5.41, 5.74) is 1.52. The summed E-state index contributed by atoms with van der Waals surface area (Å²) in [6.45, 7) is 6.20. The molecular weight excluding hydrogens is 352 g/mol. The van der Waals surface area contributed by atoms with Gasteiger partial charge in [-0.25, -0.2) is 0 Å². The van der Waals surface area contributed by atoms with Crippen LogP contribution < -0.4 is 10.1 Å². The van der Waals surface area contributed by atoms with Crippen molar-refractivity contribution in [3.05, 3.63) is 59.7 Å². The Morgan fingerprint density at radius 2 is 1.61 bits per heavy atom. The summed E-state index contributed by atoms with van der Waals surface area (Å²) in [6.07, 6.45) is 3.22. The van der Waals surface area contributed by atoms with Crippen LogP contribution in [-0.2, 0) is 0 Å². The number of ether oxygens (including phenoxy) is 1. The highest BCUT2D eigenvalue weighted by Crippen LogP contribution is 2.24. The average Bonchev–Trinajstić information content (AvgIpc) is 2.73. The lowest BCUT2D eigenvalue weighted by Crippen LogP contribution is -2.36. The first-order valence-electron chi connectivity index (χ1n) is 9.97. The molecule has 148 valence electrons. The smallest absolute Gasteiger partial charge is 0.259 e. The van der Waals surface area contributed by atoms with Gasteiger partial charge in [-0.05, 0) is 49.4 Å². The molecule has 1 saturated heterocycles. The van der Waals surface area contributed by atoms with Gasteiger partial charge in [-0.3, -0.25) is 9.59 Å². The molecule has 1 aliphatic heterocycles. The van der Waals surface area contributed by atoms with Crippen molar-refractivity contribution in [1.82, 2.24) is 4.90 Å². The second kappa shape index (κ2) is 9.40. The van der Waals surface area contributed by atoms with Crippen molar-refractivity contribution < 1.29 is 14.3 Å². The number of para-hydroxylation sites is 2. The first kappa shape index (κ1) is 19.9. The van der Waals surface area contributed by atoms with Crippen molar-refractivity contribution in [1.29, 1.82) is 0 Å². The van der Waals surface area contributed by atoms with Gasteiger partial charge in [0.2, 0.25) is 0 Å². The van der Waals surface area contributed by atoms with Gasteiger partial charge in [-0.1, -0.05) is 38.1 Å². The van der Waals surface area contributed by atoms with Crippen LogP contribution >= 0.6 is 0 Å². The van der Waals surface area contributed by atoms with Crippen molar-refractivity contribution in [2.24, 2.45) is 5.92 Å². The molecule has 1 heterocycles. The first-order valence-corrected chi connectivity index (χ1v) is 9.97. The summed E-state index contributed by atoms with van der Waals surface area (Å²) in [6, 6.07) is 14.4. The molecule has 0 bridgehead atoms. The highest BCUT2D eigenvalue weighted by Gasteiger charge is 2.22. The minimum Gasteiger partial charge on any atom is -0.492 e. The van der Waals surface area contributed by atoms with Gasteiger partial charge in [0.1, 0.15) is 5.75 Å². The molecule has 0 aromatic heterocycles. The standard InChI is InChI=1S/C23H28N2O3/c1-17(2)16-28-21-13-7-5-11-19(21)22(26)24-20-12-6-4-10-18(20)23(27)25-14-8-3-9-15-25/h4-7,10-13,17H,3,8-9,14-16H2,1-2H3,(H,24,26). The monoisotopic (exact) mass is 380 g/mol. The Labute approximate surface area is 166 Å². The Morgan fingerprint density at radius 3 is 2.32 bits per heavy atom. The number of nitrogens with zero attached hydrogens (tertiary/aromatic N) is 1. The lowest BCUT2D eigenvalue weighted by atomic mass is 10.1. The van der Waals surface area contributed by atoms with Gasteiger partial charge in [-0.2, -0.15) is 0 Å². The Morgan fingerprint density at radius 1 is 0.964 bits per heavy atom. The third-order valence-electron chi connectivity index (χ3n) is 4.75. The summed E-state index contributed by atoms with van der Waals surface area (Å²) < 4.78 is 5.79. The number of carbonyl (C=O) groups excluding carboxylic acids is 2. The number of nitrogens with one attached hydrogen (secondary N) is 1. The zero-order valence-corrected chi connectivity index (χ0v) is 16.6. The number of likely N-dealkylation sites (tertiary alicyclic amines) is 1. The zero-order chi connectivity index (χ0) is 19.9. The Kier molecular flexibility index (Phi) is 6.69. The van der Waals surface area contributed by atoms with Crippen molar-refractivity contribution in [3.63, 3.8) is 0 Å². The van der Waals surface area contributed by atoms with E-state index in [-0.39, 0.29) is 11.8 Å². The summed E-state index contributed by atoms with van der Waals surface area (Å²) in [7, 11) is 0. The van der Waals surface area contributed by atoms with E-state index in [0.29, 0.717) is 35.1 Å². The van der Waals surface area contributed by atoms with Crippen molar-refractivity contribution in [2.45, 2.75) is 33.1 Å². The number of hydrogen-bond acceptors (Lipinski definition) is 3. The molecule has 1 fully saturated rings. The molecule has 2 aromatic rings. The number of carbonyl (C=O) groups is 2. The molecule has 28 heavy (non-hydrogen) atoms. The van der Waals surface area contributed by atoms with Crippen LogP contribution in [0, 0.1) is 5.92 Å². The Bertz CT molecular complexity index is 826. The summed E-state index contributed by atoms with van der Waals surface area (Å²) in [5, 5.41) is 2.91. The van der Waals surface area contributed by atoms with Crippen LogP contribution in [0.2, 0.25) is 0 Å². The molecule has 1 aliphatic rings. The predicted molar refractivity (Wildman–Crippen MR) is 111 cm³/mol. The molecule has 0 saturated carbocycles. The summed E-state index contributed by atoms with van der Waals surface area (Å²) in [5.74, 6) is 0.603. The van der Waals surface area contributed by atoms with Gasteiger partial charge in [0.25, 0.3) is 11.8 Å². The molecule has 1 N–H and O–H groups in total. The molecule has 0 unspecified atom stereocenters. The normalized spacial score (nSPS) is 14.0. The largest absolute Gasteiger partial charge is 0.492 e. The molecule has 0 spiro atoms. The maximum Gasteiger partial charge on any atom is 0.259 e. The molecule has 0 radical (unpaired) electrons.